The minimum absolute atomic E-state index is 0.0195. The van der Waals surface area contributed by atoms with Crippen molar-refractivity contribution in [2.75, 3.05) is 0 Å². The summed E-state index contributed by atoms with van der Waals surface area (Å²) in [4.78, 5) is 0. The zero-order valence-electron chi connectivity index (χ0n) is 30.2. The quantitative estimate of drug-likeness (QED) is 0.161. The van der Waals surface area contributed by atoms with Gasteiger partial charge in [-0.25, -0.2) is 0 Å². The van der Waals surface area contributed by atoms with Gasteiger partial charge in [-0.3, -0.25) is 0 Å². The minimum Gasteiger partial charge on any atom is -0.309 e. The highest BCUT2D eigenvalue weighted by Gasteiger charge is 2.22. The Bertz CT molecular complexity index is 2880. The van der Waals surface area contributed by atoms with Gasteiger partial charge in [0.15, 0.2) is 0 Å². The Kier molecular flexibility index (Phi) is 7.49. The third-order valence-electron chi connectivity index (χ3n) is 10.8. The topological polar surface area (TPSA) is 4.93 Å². The molecule has 0 saturated carbocycles. The maximum Gasteiger partial charge on any atom is 0.0547 e. The number of hydrogen-bond acceptors (Lipinski definition) is 0. The van der Waals surface area contributed by atoms with E-state index in [-0.39, 0.29) is 5.41 Å². The number of hydrogen-bond donors (Lipinski definition) is 0. The third kappa shape index (κ3) is 4.92. The lowest BCUT2D eigenvalue weighted by Crippen LogP contribution is -2.10. The number of allylic oxidation sites excluding steroid dienone is 1. The molecule has 9 rings (SSSR count). The monoisotopic (exact) mass is 667 g/mol. The fourth-order valence-electron chi connectivity index (χ4n) is 8.38. The molecule has 0 fully saturated rings. The Morgan fingerprint density at radius 2 is 1.13 bits per heavy atom. The molecule has 52 heavy (non-hydrogen) atoms. The van der Waals surface area contributed by atoms with E-state index in [0.29, 0.717) is 0 Å². The summed E-state index contributed by atoms with van der Waals surface area (Å²) in [6.07, 6.45) is 6.31. The zero-order chi connectivity index (χ0) is 35.6. The summed E-state index contributed by atoms with van der Waals surface area (Å²) in [6.45, 7) is 13.3. The Hall–Kier alpha value is -6.18. The fraction of sp³-hybridized carbons (Fsp3) is 0.0980. The molecule has 0 unspecified atom stereocenters. The molecule has 250 valence electrons. The van der Waals surface area contributed by atoms with Crippen molar-refractivity contribution in [2.45, 2.75) is 33.1 Å². The lowest BCUT2D eigenvalue weighted by molar-refractivity contribution is 0.591. The smallest absolute Gasteiger partial charge is 0.0547 e. The lowest BCUT2D eigenvalue weighted by Gasteiger charge is -2.23. The van der Waals surface area contributed by atoms with Crippen molar-refractivity contribution in [3.8, 4) is 27.9 Å². The lowest BCUT2D eigenvalue weighted by atomic mass is 9.81. The van der Waals surface area contributed by atoms with E-state index in [2.05, 4.69) is 197 Å². The summed E-state index contributed by atoms with van der Waals surface area (Å²) in [6, 6.07) is 53.9. The molecule has 0 aliphatic rings. The van der Waals surface area contributed by atoms with Crippen LogP contribution in [0.2, 0.25) is 0 Å². The second kappa shape index (κ2) is 12.2. The summed E-state index contributed by atoms with van der Waals surface area (Å²) in [5.74, 6) is 0. The highest BCUT2D eigenvalue weighted by Crippen LogP contribution is 2.46. The highest BCUT2D eigenvalue weighted by molar-refractivity contribution is 6.24. The summed E-state index contributed by atoms with van der Waals surface area (Å²) < 4.78 is 2.43. The van der Waals surface area contributed by atoms with Crippen molar-refractivity contribution in [1.29, 1.82) is 0 Å². The summed E-state index contributed by atoms with van der Waals surface area (Å²) >= 11 is 0. The van der Waals surface area contributed by atoms with Crippen LogP contribution in [0.3, 0.4) is 0 Å². The average Bonchev–Trinajstić information content (AvgIpc) is 3.52. The normalized spacial score (nSPS) is 12.2. The van der Waals surface area contributed by atoms with Crippen molar-refractivity contribution < 1.29 is 0 Å². The molecule has 0 aliphatic carbocycles. The van der Waals surface area contributed by atoms with Gasteiger partial charge in [0.1, 0.15) is 0 Å². The van der Waals surface area contributed by atoms with Gasteiger partial charge in [-0.2, -0.15) is 0 Å². The second-order valence-electron chi connectivity index (χ2n) is 14.9. The summed E-state index contributed by atoms with van der Waals surface area (Å²) in [5.41, 5.74) is 12.2. The largest absolute Gasteiger partial charge is 0.309 e. The maximum absolute atomic E-state index is 4.29. The van der Waals surface area contributed by atoms with E-state index in [1.54, 1.807) is 0 Å². The summed E-state index contributed by atoms with van der Waals surface area (Å²) in [5, 5.41) is 10.1. The van der Waals surface area contributed by atoms with Gasteiger partial charge in [-0.15, -0.1) is 0 Å². The van der Waals surface area contributed by atoms with Crippen LogP contribution in [0.1, 0.15) is 44.4 Å². The van der Waals surface area contributed by atoms with Gasteiger partial charge in [0.25, 0.3) is 0 Å². The number of benzene rings is 8. The molecular formula is C51H41N. The second-order valence-corrected chi connectivity index (χ2v) is 14.9. The van der Waals surface area contributed by atoms with Gasteiger partial charge in [-0.05, 0) is 114 Å². The predicted octanol–water partition coefficient (Wildman–Crippen LogP) is 14.6. The molecule has 0 N–H and O–H groups in total. The van der Waals surface area contributed by atoms with Crippen LogP contribution in [-0.4, -0.2) is 4.57 Å². The zero-order valence-corrected chi connectivity index (χ0v) is 30.2. The number of nitrogens with zero attached hydrogens (tertiary/aromatic N) is 1. The fourth-order valence-corrected chi connectivity index (χ4v) is 8.38. The van der Waals surface area contributed by atoms with E-state index in [4.69, 9.17) is 0 Å². The van der Waals surface area contributed by atoms with Gasteiger partial charge in [0.2, 0.25) is 0 Å². The molecule has 1 heterocycles. The van der Waals surface area contributed by atoms with Crippen LogP contribution in [0, 0.1) is 0 Å². The highest BCUT2D eigenvalue weighted by atomic mass is 15.0. The van der Waals surface area contributed by atoms with Crippen LogP contribution in [0.25, 0.3) is 94.2 Å². The van der Waals surface area contributed by atoms with Crippen molar-refractivity contribution in [3.05, 3.63) is 175 Å². The standard InChI is InChI=1S/C51H41N/c1-6-15-33-24-30-45-49(39(33)7-2)50-40-19-12-11-16-34(40)25-31-46(50)52(45)38-27-22-36(23-28-38)48-42-21-14-13-20-41(42)47(35-17-9-8-10-18-35)43-29-26-37(32-44(43)48)51(3,4)5/h6-32H,2H2,1,3-5H3/b15-6-. The van der Waals surface area contributed by atoms with Crippen molar-refractivity contribution in [1.82, 2.24) is 4.57 Å². The van der Waals surface area contributed by atoms with E-state index in [0.717, 1.165) is 5.69 Å². The molecule has 0 amide bonds. The Morgan fingerprint density at radius 3 is 1.83 bits per heavy atom. The first-order chi connectivity index (χ1) is 25.4. The van der Waals surface area contributed by atoms with E-state index >= 15 is 0 Å². The molecule has 1 heteroatoms. The molecule has 1 aromatic heterocycles. The van der Waals surface area contributed by atoms with E-state index < -0.39 is 0 Å². The van der Waals surface area contributed by atoms with E-state index in [1.165, 1.54) is 93.1 Å². The van der Waals surface area contributed by atoms with Crippen LogP contribution in [-0.2, 0) is 5.41 Å². The minimum atomic E-state index is 0.0195. The van der Waals surface area contributed by atoms with Crippen LogP contribution in [0.5, 0.6) is 0 Å². The number of rotatable bonds is 5. The van der Waals surface area contributed by atoms with Crippen LogP contribution in [0.15, 0.2) is 158 Å². The van der Waals surface area contributed by atoms with Gasteiger partial charge < -0.3 is 4.57 Å². The Morgan fingerprint density at radius 1 is 0.538 bits per heavy atom. The molecule has 0 bridgehead atoms. The Balaban J connectivity index is 1.33. The predicted molar refractivity (Wildman–Crippen MR) is 228 cm³/mol. The van der Waals surface area contributed by atoms with Crippen molar-refractivity contribution in [2.24, 2.45) is 0 Å². The first-order valence-corrected chi connectivity index (χ1v) is 18.3. The van der Waals surface area contributed by atoms with Gasteiger partial charge in [0, 0.05) is 16.5 Å². The van der Waals surface area contributed by atoms with E-state index in [9.17, 15) is 0 Å². The van der Waals surface area contributed by atoms with Crippen LogP contribution >= 0.6 is 0 Å². The van der Waals surface area contributed by atoms with Crippen molar-refractivity contribution in [3.63, 3.8) is 0 Å². The molecule has 0 aliphatic heterocycles. The Labute approximate surface area is 305 Å². The first kappa shape index (κ1) is 31.8. The number of aromatic nitrogens is 1. The molecule has 0 atom stereocenters. The van der Waals surface area contributed by atoms with Gasteiger partial charge in [-0.1, -0.05) is 161 Å². The molecule has 9 aromatic rings. The SMILES string of the molecule is C=Cc1c(/C=C\C)ccc2c1c1c3ccccc3ccc1n2-c1ccc(-c2c3ccccc3c(-c3ccccc3)c3ccc(C(C)(C)C)cc23)cc1. The van der Waals surface area contributed by atoms with Crippen molar-refractivity contribution >= 4 is 66.3 Å². The molecule has 8 aromatic carbocycles. The summed E-state index contributed by atoms with van der Waals surface area (Å²) in [7, 11) is 0. The molecule has 0 spiro atoms. The first-order valence-electron chi connectivity index (χ1n) is 18.3. The maximum atomic E-state index is 4.29. The molecule has 1 nitrogen and oxygen atoms in total. The van der Waals surface area contributed by atoms with Gasteiger partial charge >= 0.3 is 0 Å². The molecular weight excluding hydrogens is 627 g/mol. The third-order valence-corrected chi connectivity index (χ3v) is 10.8. The number of fused-ring (bicyclic) bond motifs is 7. The van der Waals surface area contributed by atoms with E-state index in [1.807, 2.05) is 6.08 Å². The molecule has 0 radical (unpaired) electrons. The average molecular weight is 668 g/mol. The van der Waals surface area contributed by atoms with Crippen LogP contribution in [0.4, 0.5) is 0 Å². The van der Waals surface area contributed by atoms with Gasteiger partial charge in [0.05, 0.1) is 11.0 Å². The molecule has 0 saturated heterocycles. The van der Waals surface area contributed by atoms with Crippen LogP contribution < -0.4 is 0 Å².